The lowest BCUT2D eigenvalue weighted by Gasteiger charge is -2.32. The van der Waals surface area contributed by atoms with Gasteiger partial charge in [-0.3, -0.25) is 0 Å². The number of halogens is 1. The van der Waals surface area contributed by atoms with Gasteiger partial charge in [0, 0.05) is 12.6 Å². The molecular formula is C12H19FN4. The first-order chi connectivity index (χ1) is 8.20. The molecule has 1 aliphatic carbocycles. The Balaban J connectivity index is 2.04. The van der Waals surface area contributed by atoms with Crippen molar-refractivity contribution in [3.05, 3.63) is 12.0 Å². The maximum atomic E-state index is 13.5. The molecule has 0 saturated heterocycles. The van der Waals surface area contributed by atoms with Crippen LogP contribution in [0, 0.1) is 11.7 Å². The zero-order valence-electron chi connectivity index (χ0n) is 10.3. The van der Waals surface area contributed by atoms with Gasteiger partial charge in [0.25, 0.3) is 0 Å². The van der Waals surface area contributed by atoms with E-state index in [0.29, 0.717) is 17.7 Å². The molecule has 4 nitrogen and oxygen atoms in total. The van der Waals surface area contributed by atoms with Gasteiger partial charge >= 0.3 is 0 Å². The summed E-state index contributed by atoms with van der Waals surface area (Å²) in [6.45, 7) is 4.76. The quantitative estimate of drug-likeness (QED) is 0.828. The summed E-state index contributed by atoms with van der Waals surface area (Å²) in [6.07, 6.45) is 4.94. The summed E-state index contributed by atoms with van der Waals surface area (Å²) in [6, 6.07) is 0.266. The minimum atomic E-state index is -0.391. The topological polar surface area (TPSA) is 49.8 Å². The lowest BCUT2D eigenvalue weighted by Crippen LogP contribution is -2.31. The zero-order chi connectivity index (χ0) is 12.3. The molecule has 94 valence electrons. The Morgan fingerprint density at radius 1 is 1.53 bits per heavy atom. The lowest BCUT2D eigenvalue weighted by atomic mass is 9.80. The van der Waals surface area contributed by atoms with E-state index >= 15 is 0 Å². The summed E-state index contributed by atoms with van der Waals surface area (Å²) in [4.78, 5) is 8.01. The van der Waals surface area contributed by atoms with E-state index in [-0.39, 0.29) is 6.04 Å². The molecule has 1 saturated carbocycles. The summed E-state index contributed by atoms with van der Waals surface area (Å²) in [5, 5.41) is 6.12. The Bertz CT molecular complexity index is 379. The van der Waals surface area contributed by atoms with E-state index in [9.17, 15) is 4.39 Å². The van der Waals surface area contributed by atoms with Gasteiger partial charge in [0.2, 0.25) is 5.95 Å². The molecule has 0 radical (unpaired) electrons. The van der Waals surface area contributed by atoms with Crippen molar-refractivity contribution in [1.82, 2.24) is 9.97 Å². The van der Waals surface area contributed by atoms with E-state index in [1.807, 2.05) is 6.92 Å². The van der Waals surface area contributed by atoms with E-state index in [2.05, 4.69) is 27.5 Å². The summed E-state index contributed by atoms with van der Waals surface area (Å²) in [7, 11) is 0. The second kappa shape index (κ2) is 5.29. The van der Waals surface area contributed by atoms with Gasteiger partial charge in [-0.2, -0.15) is 4.98 Å². The highest BCUT2D eigenvalue weighted by atomic mass is 19.1. The van der Waals surface area contributed by atoms with Crippen LogP contribution < -0.4 is 10.6 Å². The third-order valence-corrected chi connectivity index (χ3v) is 3.30. The van der Waals surface area contributed by atoms with Crippen molar-refractivity contribution >= 4 is 11.8 Å². The molecule has 1 heterocycles. The van der Waals surface area contributed by atoms with Crippen LogP contribution in [0.15, 0.2) is 6.20 Å². The predicted octanol–water partition coefficient (Wildman–Crippen LogP) is 2.65. The number of nitrogens with one attached hydrogen (secondary N) is 2. The minimum Gasteiger partial charge on any atom is -0.365 e. The molecule has 2 rings (SSSR count). The molecule has 17 heavy (non-hydrogen) atoms. The maximum Gasteiger partial charge on any atom is 0.224 e. The Labute approximate surface area is 101 Å². The normalized spacial score (nSPS) is 17.4. The van der Waals surface area contributed by atoms with Crippen molar-refractivity contribution in [2.45, 2.75) is 39.2 Å². The van der Waals surface area contributed by atoms with E-state index in [1.165, 1.54) is 25.5 Å². The highest BCUT2D eigenvalue weighted by Gasteiger charge is 2.24. The fourth-order valence-corrected chi connectivity index (χ4v) is 1.98. The van der Waals surface area contributed by atoms with Crippen LogP contribution >= 0.6 is 0 Å². The second-order valence-electron chi connectivity index (χ2n) is 4.54. The number of nitrogens with zero attached hydrogens (tertiary/aromatic N) is 2. The molecule has 1 fully saturated rings. The highest BCUT2D eigenvalue weighted by molar-refractivity contribution is 5.41. The SMILES string of the molecule is CCNc1ncc(F)c(NC(C)C2CCC2)n1. The third-order valence-electron chi connectivity index (χ3n) is 3.30. The summed E-state index contributed by atoms with van der Waals surface area (Å²) < 4.78 is 13.5. The number of anilines is 2. The Morgan fingerprint density at radius 2 is 2.29 bits per heavy atom. The highest BCUT2D eigenvalue weighted by Crippen LogP contribution is 2.31. The molecule has 5 heteroatoms. The van der Waals surface area contributed by atoms with Crippen molar-refractivity contribution in [3.8, 4) is 0 Å². The zero-order valence-corrected chi connectivity index (χ0v) is 10.3. The molecule has 0 bridgehead atoms. The Hall–Kier alpha value is -1.39. The molecule has 1 unspecified atom stereocenters. The van der Waals surface area contributed by atoms with Gasteiger partial charge in [0.05, 0.1) is 6.20 Å². The van der Waals surface area contributed by atoms with Crippen LogP contribution in [0.3, 0.4) is 0 Å². The maximum absolute atomic E-state index is 13.5. The predicted molar refractivity (Wildman–Crippen MR) is 66.6 cm³/mol. The second-order valence-corrected chi connectivity index (χ2v) is 4.54. The summed E-state index contributed by atoms with van der Waals surface area (Å²) >= 11 is 0. The first-order valence-electron chi connectivity index (χ1n) is 6.23. The molecule has 1 aliphatic rings. The van der Waals surface area contributed by atoms with Crippen LogP contribution in [0.25, 0.3) is 0 Å². The largest absolute Gasteiger partial charge is 0.365 e. The van der Waals surface area contributed by atoms with Gasteiger partial charge < -0.3 is 10.6 Å². The molecule has 0 amide bonds. The van der Waals surface area contributed by atoms with Gasteiger partial charge in [-0.1, -0.05) is 6.42 Å². The molecule has 0 spiro atoms. The van der Waals surface area contributed by atoms with E-state index in [4.69, 9.17) is 0 Å². The van der Waals surface area contributed by atoms with Crippen molar-refractivity contribution in [3.63, 3.8) is 0 Å². The molecule has 1 atom stereocenters. The van der Waals surface area contributed by atoms with Gasteiger partial charge in [0.15, 0.2) is 11.6 Å². The van der Waals surface area contributed by atoms with Crippen molar-refractivity contribution in [2.24, 2.45) is 5.92 Å². The fraction of sp³-hybridized carbons (Fsp3) is 0.667. The van der Waals surface area contributed by atoms with E-state index < -0.39 is 5.82 Å². The Morgan fingerprint density at radius 3 is 2.88 bits per heavy atom. The van der Waals surface area contributed by atoms with Crippen LogP contribution in [0.2, 0.25) is 0 Å². The number of hydrogen-bond donors (Lipinski definition) is 2. The molecule has 0 aromatic carbocycles. The van der Waals surface area contributed by atoms with Crippen LogP contribution in [0.4, 0.5) is 16.2 Å². The fourth-order valence-electron chi connectivity index (χ4n) is 1.98. The van der Waals surface area contributed by atoms with Crippen molar-refractivity contribution in [1.29, 1.82) is 0 Å². The van der Waals surface area contributed by atoms with Gasteiger partial charge in [-0.25, -0.2) is 9.37 Å². The summed E-state index contributed by atoms with van der Waals surface area (Å²) in [5.74, 6) is 1.03. The minimum absolute atomic E-state index is 0.266. The molecular weight excluding hydrogens is 219 g/mol. The van der Waals surface area contributed by atoms with E-state index in [1.54, 1.807) is 0 Å². The number of aromatic nitrogens is 2. The standard InChI is InChI=1S/C12H19FN4/c1-3-14-12-15-7-10(13)11(17-12)16-8(2)9-5-4-6-9/h7-9H,3-6H2,1-2H3,(H2,14,15,16,17). The molecule has 2 N–H and O–H groups in total. The van der Waals surface area contributed by atoms with Crippen LogP contribution in [-0.4, -0.2) is 22.6 Å². The van der Waals surface area contributed by atoms with Gasteiger partial charge in [0.1, 0.15) is 0 Å². The number of rotatable bonds is 5. The first kappa shape index (κ1) is 12.1. The average Bonchev–Trinajstić information content (AvgIpc) is 2.21. The smallest absolute Gasteiger partial charge is 0.224 e. The monoisotopic (exact) mass is 238 g/mol. The Kier molecular flexibility index (Phi) is 3.76. The van der Waals surface area contributed by atoms with Crippen molar-refractivity contribution in [2.75, 3.05) is 17.2 Å². The molecule has 1 aromatic heterocycles. The van der Waals surface area contributed by atoms with E-state index in [0.717, 1.165) is 6.54 Å². The number of hydrogen-bond acceptors (Lipinski definition) is 4. The van der Waals surface area contributed by atoms with Crippen molar-refractivity contribution < 1.29 is 4.39 Å². The summed E-state index contributed by atoms with van der Waals surface area (Å²) in [5.41, 5.74) is 0. The van der Waals surface area contributed by atoms with Crippen LogP contribution in [0.5, 0.6) is 0 Å². The van der Waals surface area contributed by atoms with Crippen LogP contribution in [0.1, 0.15) is 33.1 Å². The average molecular weight is 238 g/mol. The molecule has 0 aliphatic heterocycles. The van der Waals surface area contributed by atoms with Crippen LogP contribution in [-0.2, 0) is 0 Å². The van der Waals surface area contributed by atoms with Gasteiger partial charge in [-0.05, 0) is 32.6 Å². The lowest BCUT2D eigenvalue weighted by molar-refractivity contribution is 0.284. The van der Waals surface area contributed by atoms with Gasteiger partial charge in [-0.15, -0.1) is 0 Å². The molecule has 1 aromatic rings. The third kappa shape index (κ3) is 2.84. The first-order valence-corrected chi connectivity index (χ1v) is 6.23.